The summed E-state index contributed by atoms with van der Waals surface area (Å²) >= 11 is 0. The number of rotatable bonds is 6. The Hall–Kier alpha value is -3.36. The molecule has 1 aromatic carbocycles. The van der Waals surface area contributed by atoms with Gasteiger partial charge in [0.2, 0.25) is 5.96 Å². The number of ether oxygens (including phenoxy) is 1. The summed E-state index contributed by atoms with van der Waals surface area (Å²) in [5.41, 5.74) is 2.79. The summed E-state index contributed by atoms with van der Waals surface area (Å²) in [4.78, 5) is 36.2. The molecule has 0 bridgehead atoms. The number of hydrogen-bond acceptors (Lipinski definition) is 6. The fourth-order valence-corrected chi connectivity index (χ4v) is 4.29. The summed E-state index contributed by atoms with van der Waals surface area (Å²) in [7, 11) is 3.34. The van der Waals surface area contributed by atoms with E-state index in [-0.39, 0.29) is 11.9 Å². The number of amides is 3. The van der Waals surface area contributed by atoms with Gasteiger partial charge in [-0.15, -0.1) is 0 Å². The molecule has 1 fully saturated rings. The van der Waals surface area contributed by atoms with E-state index in [0.29, 0.717) is 19.0 Å². The van der Waals surface area contributed by atoms with Crippen molar-refractivity contribution < 1.29 is 14.3 Å². The Balaban J connectivity index is 1.74. The molecule has 4 rings (SSSR count). The first kappa shape index (κ1) is 21.9. The van der Waals surface area contributed by atoms with Crippen LogP contribution in [0, 0.1) is 13.8 Å². The van der Waals surface area contributed by atoms with E-state index in [1.54, 1.807) is 23.7 Å². The quantitative estimate of drug-likeness (QED) is 0.692. The highest BCUT2D eigenvalue weighted by Crippen LogP contribution is 2.30. The van der Waals surface area contributed by atoms with Crippen molar-refractivity contribution in [3.05, 3.63) is 47.3 Å². The highest BCUT2D eigenvalue weighted by Gasteiger charge is 2.52. The number of urea groups is 1. The molecule has 2 atom stereocenters. The average molecular weight is 439 g/mol. The molecule has 0 aliphatic carbocycles. The number of benzene rings is 1. The number of imide groups is 1. The van der Waals surface area contributed by atoms with Crippen molar-refractivity contribution in [1.82, 2.24) is 24.5 Å². The predicted molar refractivity (Wildman–Crippen MR) is 120 cm³/mol. The Morgan fingerprint density at radius 1 is 1.12 bits per heavy atom. The SMILES string of the molecule is CCCCN1C(=O)C2C(N=C(n3nc(C)cc3C)N2Cc2ccc(OC)cc2)N(C)C1=O. The summed E-state index contributed by atoms with van der Waals surface area (Å²) in [5.74, 6) is 1.14. The molecule has 9 heteroatoms. The van der Waals surface area contributed by atoms with Crippen LogP contribution in [0.15, 0.2) is 35.3 Å². The highest BCUT2D eigenvalue weighted by molar-refractivity contribution is 6.04. The second-order valence-electron chi connectivity index (χ2n) is 8.34. The molecule has 2 unspecified atom stereocenters. The monoisotopic (exact) mass is 438 g/mol. The summed E-state index contributed by atoms with van der Waals surface area (Å²) in [6, 6.07) is 8.82. The van der Waals surface area contributed by atoms with Crippen LogP contribution in [0.1, 0.15) is 36.7 Å². The molecular weight excluding hydrogens is 408 g/mol. The number of fused-ring (bicyclic) bond motifs is 1. The number of aryl methyl sites for hydroxylation is 2. The second kappa shape index (κ2) is 8.64. The van der Waals surface area contributed by atoms with Gasteiger partial charge in [0, 0.05) is 25.8 Å². The van der Waals surface area contributed by atoms with E-state index in [4.69, 9.17) is 9.73 Å². The van der Waals surface area contributed by atoms with Gasteiger partial charge in [-0.1, -0.05) is 25.5 Å². The fourth-order valence-electron chi connectivity index (χ4n) is 4.29. The molecule has 32 heavy (non-hydrogen) atoms. The molecule has 0 saturated carbocycles. The molecule has 2 aliphatic rings. The highest BCUT2D eigenvalue weighted by atomic mass is 16.5. The summed E-state index contributed by atoms with van der Waals surface area (Å²) in [6.45, 7) is 6.79. The van der Waals surface area contributed by atoms with Crippen LogP contribution in [0.4, 0.5) is 4.79 Å². The van der Waals surface area contributed by atoms with Crippen LogP contribution in [0.25, 0.3) is 0 Å². The van der Waals surface area contributed by atoms with Crippen molar-refractivity contribution in [2.75, 3.05) is 20.7 Å². The Bertz CT molecular complexity index is 1040. The third-order valence-corrected chi connectivity index (χ3v) is 6.02. The molecule has 9 nitrogen and oxygen atoms in total. The Morgan fingerprint density at radius 2 is 1.84 bits per heavy atom. The van der Waals surface area contributed by atoms with Gasteiger partial charge in [-0.25, -0.2) is 14.5 Å². The van der Waals surface area contributed by atoms with E-state index in [2.05, 4.69) is 5.10 Å². The number of carbonyl (C=O) groups excluding carboxylic acids is 2. The molecule has 2 aliphatic heterocycles. The van der Waals surface area contributed by atoms with Crippen molar-refractivity contribution in [2.45, 2.75) is 52.4 Å². The van der Waals surface area contributed by atoms with E-state index < -0.39 is 12.2 Å². The van der Waals surface area contributed by atoms with Crippen molar-refractivity contribution in [2.24, 2.45) is 4.99 Å². The Labute approximate surface area is 188 Å². The Kier molecular flexibility index (Phi) is 5.90. The topological polar surface area (TPSA) is 83.3 Å². The number of hydrogen-bond donors (Lipinski definition) is 0. The normalized spacial score (nSPS) is 20.7. The molecule has 2 aromatic rings. The standard InChI is InChI=1S/C23H30N6O3/c1-6-7-12-27-21(30)19-20(26(4)23(27)31)24-22(29-16(3)13-15(2)25-29)28(19)14-17-8-10-18(32-5)11-9-17/h8-11,13,19-20H,6-7,12,14H2,1-5H3. The maximum Gasteiger partial charge on any atom is 0.328 e. The summed E-state index contributed by atoms with van der Waals surface area (Å²) < 4.78 is 7.04. The van der Waals surface area contributed by atoms with Gasteiger partial charge in [-0.05, 0) is 44.0 Å². The molecule has 3 amide bonds. The van der Waals surface area contributed by atoms with Crippen LogP contribution < -0.4 is 4.74 Å². The lowest BCUT2D eigenvalue weighted by molar-refractivity contribution is -0.137. The van der Waals surface area contributed by atoms with Crippen LogP contribution in [-0.4, -0.2) is 75.3 Å². The number of aliphatic imine (C=N–C) groups is 1. The van der Waals surface area contributed by atoms with Crippen LogP contribution >= 0.6 is 0 Å². The van der Waals surface area contributed by atoms with Gasteiger partial charge in [0.05, 0.1) is 12.8 Å². The number of likely N-dealkylation sites (N-methyl/N-ethyl adjacent to an activating group) is 1. The molecular formula is C23H30N6O3. The number of methoxy groups -OCH3 is 1. The second-order valence-corrected chi connectivity index (χ2v) is 8.34. The minimum atomic E-state index is -0.601. The van der Waals surface area contributed by atoms with Crippen LogP contribution in [0.3, 0.4) is 0 Å². The lowest BCUT2D eigenvalue weighted by Gasteiger charge is -2.41. The maximum absolute atomic E-state index is 13.6. The van der Waals surface area contributed by atoms with Gasteiger partial charge < -0.3 is 14.5 Å². The van der Waals surface area contributed by atoms with Gasteiger partial charge in [-0.3, -0.25) is 9.69 Å². The zero-order chi connectivity index (χ0) is 23.0. The lowest BCUT2D eigenvalue weighted by Crippen LogP contribution is -2.65. The first-order valence-corrected chi connectivity index (χ1v) is 10.9. The van der Waals surface area contributed by atoms with Crippen LogP contribution in [0.2, 0.25) is 0 Å². The van der Waals surface area contributed by atoms with Crippen molar-refractivity contribution in [3.8, 4) is 5.75 Å². The molecule has 1 aromatic heterocycles. The fraction of sp³-hybridized carbons (Fsp3) is 0.478. The molecule has 1 saturated heterocycles. The third kappa shape index (κ3) is 3.72. The van der Waals surface area contributed by atoms with E-state index >= 15 is 0 Å². The first-order chi connectivity index (χ1) is 15.3. The average Bonchev–Trinajstić information content (AvgIpc) is 3.32. The Morgan fingerprint density at radius 3 is 2.44 bits per heavy atom. The number of unbranched alkanes of at least 4 members (excludes halogenated alkanes) is 1. The zero-order valence-electron chi connectivity index (χ0n) is 19.3. The predicted octanol–water partition coefficient (Wildman–Crippen LogP) is 2.62. The van der Waals surface area contributed by atoms with E-state index in [9.17, 15) is 9.59 Å². The largest absolute Gasteiger partial charge is 0.497 e. The zero-order valence-corrected chi connectivity index (χ0v) is 19.3. The van der Waals surface area contributed by atoms with Crippen LogP contribution in [0.5, 0.6) is 5.75 Å². The number of nitrogens with zero attached hydrogens (tertiary/aromatic N) is 6. The van der Waals surface area contributed by atoms with E-state index in [0.717, 1.165) is 35.5 Å². The van der Waals surface area contributed by atoms with Crippen molar-refractivity contribution >= 4 is 17.9 Å². The van der Waals surface area contributed by atoms with E-state index in [1.807, 2.05) is 56.0 Å². The minimum absolute atomic E-state index is 0.208. The molecule has 0 radical (unpaired) electrons. The first-order valence-electron chi connectivity index (χ1n) is 10.9. The lowest BCUT2D eigenvalue weighted by atomic mass is 10.1. The van der Waals surface area contributed by atoms with Gasteiger partial charge >= 0.3 is 6.03 Å². The molecule has 3 heterocycles. The van der Waals surface area contributed by atoms with Gasteiger partial charge in [0.1, 0.15) is 5.75 Å². The summed E-state index contributed by atoms with van der Waals surface area (Å²) in [6.07, 6.45) is 1.08. The van der Waals surface area contributed by atoms with Gasteiger partial charge in [-0.2, -0.15) is 5.10 Å². The van der Waals surface area contributed by atoms with Gasteiger partial charge in [0.25, 0.3) is 5.91 Å². The number of carbonyl (C=O) groups is 2. The van der Waals surface area contributed by atoms with Crippen LogP contribution in [-0.2, 0) is 11.3 Å². The minimum Gasteiger partial charge on any atom is -0.497 e. The molecule has 170 valence electrons. The molecule has 0 spiro atoms. The van der Waals surface area contributed by atoms with Crippen molar-refractivity contribution in [1.29, 1.82) is 0 Å². The molecule has 0 N–H and O–H groups in total. The van der Waals surface area contributed by atoms with E-state index in [1.165, 1.54) is 4.90 Å². The van der Waals surface area contributed by atoms with Crippen molar-refractivity contribution in [3.63, 3.8) is 0 Å². The number of aromatic nitrogens is 2. The summed E-state index contributed by atoms with van der Waals surface area (Å²) in [5, 5.41) is 4.60. The maximum atomic E-state index is 13.6. The van der Waals surface area contributed by atoms with Gasteiger partial charge in [0.15, 0.2) is 12.2 Å². The smallest absolute Gasteiger partial charge is 0.328 e. The third-order valence-electron chi connectivity index (χ3n) is 6.02.